The fourth-order valence-electron chi connectivity index (χ4n) is 9.15. The van der Waals surface area contributed by atoms with Gasteiger partial charge in [-0.3, -0.25) is 0 Å². The van der Waals surface area contributed by atoms with E-state index in [9.17, 15) is 5.11 Å². The molecule has 0 heterocycles. The predicted molar refractivity (Wildman–Crippen MR) is 177 cm³/mol. The number of allylic oxidation sites excluding steroid dienone is 2. The summed E-state index contributed by atoms with van der Waals surface area (Å²) in [5.74, 6) is 3.79. The third kappa shape index (κ3) is 7.42. The van der Waals surface area contributed by atoms with E-state index in [-0.39, 0.29) is 12.7 Å². The molecule has 9 atom stereocenters. The molecular weight excluding hydrogens is 579 g/mol. The lowest BCUT2D eigenvalue weighted by atomic mass is 9.39. The SMILES string of the molecule is CC.CC.CC(C)C.CC1C(O)CCC2(C)C1CCC13CCCCC4(C)CCC1C(=CCC23)C4I.CCO. The van der Waals surface area contributed by atoms with E-state index in [2.05, 4.69) is 70.2 Å². The molecule has 3 heteroatoms. The Bertz CT molecular complexity index is 701. The minimum absolute atomic E-state index is 0.0542. The van der Waals surface area contributed by atoms with Crippen molar-refractivity contribution in [1.82, 2.24) is 0 Å². The summed E-state index contributed by atoms with van der Waals surface area (Å²) < 4.78 is 0.766. The minimum Gasteiger partial charge on any atom is -0.397 e. The van der Waals surface area contributed by atoms with E-state index in [0.29, 0.717) is 22.2 Å². The van der Waals surface area contributed by atoms with E-state index in [0.717, 1.165) is 34.0 Å². The molecule has 6 rings (SSSR count). The molecule has 0 radical (unpaired) electrons. The quantitative estimate of drug-likeness (QED) is 0.156. The highest BCUT2D eigenvalue weighted by molar-refractivity contribution is 14.1. The lowest BCUT2D eigenvalue weighted by Crippen LogP contribution is -2.59. The Morgan fingerprint density at radius 2 is 1.47 bits per heavy atom. The van der Waals surface area contributed by atoms with Crippen molar-refractivity contribution in [3.63, 3.8) is 0 Å². The molecule has 5 saturated carbocycles. The first-order valence-corrected chi connectivity index (χ1v) is 17.8. The molecule has 0 saturated heterocycles. The number of alkyl halides is 1. The first-order chi connectivity index (χ1) is 18.0. The fraction of sp³-hybridized carbons (Fsp3) is 0.943. The Kier molecular flexibility index (Phi) is 15.5. The number of hydrogen-bond donors (Lipinski definition) is 2. The largest absolute Gasteiger partial charge is 0.397 e. The van der Waals surface area contributed by atoms with Crippen LogP contribution in [-0.2, 0) is 0 Å². The Morgan fingerprint density at radius 3 is 2.05 bits per heavy atom. The average molecular weight is 647 g/mol. The van der Waals surface area contributed by atoms with Crippen LogP contribution in [0.15, 0.2) is 11.6 Å². The molecule has 6 aliphatic carbocycles. The van der Waals surface area contributed by atoms with Crippen LogP contribution in [0.4, 0.5) is 0 Å². The maximum Gasteiger partial charge on any atom is 0.0568 e. The van der Waals surface area contributed by atoms with E-state index < -0.39 is 0 Å². The monoisotopic (exact) mass is 646 g/mol. The molecule has 2 nitrogen and oxygen atoms in total. The Balaban J connectivity index is 0.000000574. The number of fused-ring (bicyclic) bond motifs is 6. The zero-order chi connectivity index (χ0) is 29.3. The van der Waals surface area contributed by atoms with Crippen LogP contribution in [0.25, 0.3) is 0 Å². The van der Waals surface area contributed by atoms with Gasteiger partial charge in [0.05, 0.1) is 6.10 Å². The molecular formula is C35H67IO2. The van der Waals surface area contributed by atoms with Gasteiger partial charge in [0.2, 0.25) is 0 Å². The van der Waals surface area contributed by atoms with Gasteiger partial charge in [0, 0.05) is 10.5 Å². The van der Waals surface area contributed by atoms with Crippen LogP contribution in [0.5, 0.6) is 0 Å². The third-order valence-corrected chi connectivity index (χ3v) is 12.9. The molecule has 0 aliphatic heterocycles. The van der Waals surface area contributed by atoms with Crippen molar-refractivity contribution in [2.24, 2.45) is 45.8 Å². The summed E-state index contributed by atoms with van der Waals surface area (Å²) in [5.41, 5.74) is 3.45. The highest BCUT2D eigenvalue weighted by Gasteiger charge is 2.63. The molecule has 1 spiro atoms. The number of aliphatic hydroxyl groups is 2. The summed E-state index contributed by atoms with van der Waals surface area (Å²) in [6, 6.07) is 0. The van der Waals surface area contributed by atoms with Gasteiger partial charge in [-0.05, 0) is 111 Å². The van der Waals surface area contributed by atoms with E-state index in [4.69, 9.17) is 5.11 Å². The van der Waals surface area contributed by atoms with Crippen LogP contribution in [0.1, 0.15) is 147 Å². The Hall–Kier alpha value is 0.390. The van der Waals surface area contributed by atoms with E-state index in [1.807, 2.05) is 33.3 Å². The number of aliphatic hydroxyl groups excluding tert-OH is 2. The molecule has 0 aromatic heterocycles. The number of hydrogen-bond acceptors (Lipinski definition) is 2. The molecule has 5 fully saturated rings. The maximum atomic E-state index is 10.6. The lowest BCUT2D eigenvalue weighted by Gasteiger charge is -2.66. The summed E-state index contributed by atoms with van der Waals surface area (Å²) >= 11 is 2.84. The summed E-state index contributed by atoms with van der Waals surface area (Å²) in [7, 11) is 0. The molecule has 2 N–H and O–H groups in total. The standard InChI is InChI=1S/C25H39IO.C4H10.C2H6O.2C2H6/c1-16-18-9-15-25-12-5-4-11-23(2)13-8-19(25)17(22(23)26)6-7-21(25)24(18,3)14-10-20(16)27;1-4(2)3;1-2-3;2*1-2/h6,16,18-22,27H,4-5,7-15H2,1-3H3;4H,1-3H3;3H,2H2,1H3;2*1-2H3. The molecule has 9 unspecified atom stereocenters. The van der Waals surface area contributed by atoms with Crippen LogP contribution >= 0.6 is 22.6 Å². The predicted octanol–water partition coefficient (Wildman–Crippen LogP) is 10.6. The molecule has 0 aromatic rings. The molecule has 38 heavy (non-hydrogen) atoms. The molecule has 226 valence electrons. The van der Waals surface area contributed by atoms with Gasteiger partial charge in [-0.15, -0.1) is 0 Å². The van der Waals surface area contributed by atoms with Crippen molar-refractivity contribution >= 4 is 22.6 Å². The Morgan fingerprint density at radius 1 is 0.921 bits per heavy atom. The van der Waals surface area contributed by atoms with Crippen molar-refractivity contribution in [3.8, 4) is 0 Å². The first kappa shape index (κ1) is 36.4. The first-order valence-electron chi connectivity index (χ1n) is 16.6. The van der Waals surface area contributed by atoms with Crippen molar-refractivity contribution < 1.29 is 10.2 Å². The number of halogens is 1. The van der Waals surface area contributed by atoms with Crippen molar-refractivity contribution in [2.75, 3.05) is 6.61 Å². The highest BCUT2D eigenvalue weighted by Crippen LogP contribution is 2.71. The van der Waals surface area contributed by atoms with Gasteiger partial charge >= 0.3 is 0 Å². The van der Waals surface area contributed by atoms with Gasteiger partial charge in [-0.1, -0.05) is 116 Å². The van der Waals surface area contributed by atoms with Gasteiger partial charge in [0.15, 0.2) is 0 Å². The summed E-state index contributed by atoms with van der Waals surface area (Å²) in [6.07, 6.45) is 17.9. The van der Waals surface area contributed by atoms with Crippen LogP contribution in [-0.4, -0.2) is 26.8 Å². The highest BCUT2D eigenvalue weighted by atomic mass is 127. The Labute approximate surface area is 252 Å². The molecule has 0 aromatic carbocycles. The second-order valence-corrected chi connectivity index (χ2v) is 15.0. The fourth-order valence-corrected chi connectivity index (χ4v) is 10.5. The zero-order valence-electron chi connectivity index (χ0n) is 27.4. The summed E-state index contributed by atoms with van der Waals surface area (Å²) in [4.78, 5) is 0. The van der Waals surface area contributed by atoms with Crippen molar-refractivity contribution in [2.45, 2.75) is 157 Å². The van der Waals surface area contributed by atoms with Crippen LogP contribution in [0, 0.1) is 45.8 Å². The maximum absolute atomic E-state index is 10.6. The third-order valence-electron chi connectivity index (χ3n) is 10.7. The topological polar surface area (TPSA) is 40.5 Å². The normalized spacial score (nSPS) is 42.7. The van der Waals surface area contributed by atoms with Gasteiger partial charge in [0.1, 0.15) is 0 Å². The summed E-state index contributed by atoms with van der Waals surface area (Å²) in [5, 5.41) is 18.1. The van der Waals surface area contributed by atoms with E-state index >= 15 is 0 Å². The van der Waals surface area contributed by atoms with Crippen LogP contribution in [0.3, 0.4) is 0 Å². The van der Waals surface area contributed by atoms with Gasteiger partial charge < -0.3 is 10.2 Å². The minimum atomic E-state index is -0.0542. The second kappa shape index (κ2) is 16.1. The van der Waals surface area contributed by atoms with Crippen molar-refractivity contribution in [3.05, 3.63) is 11.6 Å². The van der Waals surface area contributed by atoms with Crippen molar-refractivity contribution in [1.29, 1.82) is 0 Å². The second-order valence-electron chi connectivity index (χ2n) is 13.7. The number of rotatable bonds is 0. The smallest absolute Gasteiger partial charge is 0.0568 e. The zero-order valence-corrected chi connectivity index (χ0v) is 29.5. The van der Waals surface area contributed by atoms with Gasteiger partial charge in [-0.2, -0.15) is 0 Å². The van der Waals surface area contributed by atoms with E-state index in [1.54, 1.807) is 6.92 Å². The molecule has 4 bridgehead atoms. The van der Waals surface area contributed by atoms with Gasteiger partial charge in [-0.25, -0.2) is 0 Å². The molecule has 0 amide bonds. The van der Waals surface area contributed by atoms with E-state index in [1.165, 1.54) is 64.2 Å². The molecule has 6 aliphatic rings. The van der Waals surface area contributed by atoms with Crippen LogP contribution in [0.2, 0.25) is 0 Å². The van der Waals surface area contributed by atoms with Crippen LogP contribution < -0.4 is 0 Å². The summed E-state index contributed by atoms with van der Waals surface area (Å²) in [6.45, 7) is 24.0. The van der Waals surface area contributed by atoms with Gasteiger partial charge in [0.25, 0.3) is 0 Å². The lowest BCUT2D eigenvalue weighted by molar-refractivity contribution is -0.159. The average Bonchev–Trinajstić information content (AvgIpc) is 2.97.